The molecule has 0 amide bonds. The largest absolute Gasteiger partial charge is 0.492 e. The highest BCUT2D eigenvalue weighted by Crippen LogP contribution is 2.29. The van der Waals surface area contributed by atoms with Gasteiger partial charge in [0.2, 0.25) is 0 Å². The van der Waals surface area contributed by atoms with Gasteiger partial charge in [-0.2, -0.15) is 0 Å². The molecule has 0 aromatic heterocycles. The SMILES string of the molecule is CC(C)Cc1cc(-c2ccc(F)c(F)c2)ccc1OCCN(C)CC(=O)O. The third-order valence-electron chi connectivity index (χ3n) is 4.08. The van der Waals surface area contributed by atoms with Crippen molar-refractivity contribution in [3.63, 3.8) is 0 Å². The van der Waals surface area contributed by atoms with Crippen LogP contribution in [-0.4, -0.2) is 42.7 Å². The molecule has 4 nitrogen and oxygen atoms in total. The molecule has 1 N–H and O–H groups in total. The molecular weight excluding hydrogens is 352 g/mol. The van der Waals surface area contributed by atoms with Crippen LogP contribution in [0, 0.1) is 17.6 Å². The smallest absolute Gasteiger partial charge is 0.317 e. The lowest BCUT2D eigenvalue weighted by atomic mass is 9.97. The Labute approximate surface area is 158 Å². The third kappa shape index (κ3) is 6.32. The van der Waals surface area contributed by atoms with Gasteiger partial charge in [0.1, 0.15) is 12.4 Å². The lowest BCUT2D eigenvalue weighted by Gasteiger charge is -2.18. The van der Waals surface area contributed by atoms with E-state index in [9.17, 15) is 13.6 Å². The number of likely N-dealkylation sites (N-methyl/N-ethyl adjacent to an activating group) is 1. The van der Waals surface area contributed by atoms with Crippen molar-refractivity contribution in [2.75, 3.05) is 26.7 Å². The van der Waals surface area contributed by atoms with Gasteiger partial charge in [0.15, 0.2) is 11.6 Å². The molecule has 0 fully saturated rings. The summed E-state index contributed by atoms with van der Waals surface area (Å²) < 4.78 is 32.6. The van der Waals surface area contributed by atoms with Gasteiger partial charge in [-0.05, 0) is 60.3 Å². The quantitative estimate of drug-likeness (QED) is 0.711. The zero-order chi connectivity index (χ0) is 20.0. The summed E-state index contributed by atoms with van der Waals surface area (Å²) in [4.78, 5) is 12.4. The first kappa shape index (κ1) is 20.8. The molecule has 0 aliphatic heterocycles. The van der Waals surface area contributed by atoms with Gasteiger partial charge in [0.25, 0.3) is 0 Å². The van der Waals surface area contributed by atoms with Crippen molar-refractivity contribution < 1.29 is 23.4 Å². The van der Waals surface area contributed by atoms with Crippen molar-refractivity contribution >= 4 is 5.97 Å². The Morgan fingerprint density at radius 2 is 1.78 bits per heavy atom. The molecule has 0 unspecified atom stereocenters. The van der Waals surface area contributed by atoms with Crippen LogP contribution in [0.4, 0.5) is 8.78 Å². The first-order valence-electron chi connectivity index (χ1n) is 8.87. The van der Waals surface area contributed by atoms with Gasteiger partial charge in [-0.3, -0.25) is 9.69 Å². The summed E-state index contributed by atoms with van der Waals surface area (Å²) in [7, 11) is 1.72. The van der Waals surface area contributed by atoms with Crippen molar-refractivity contribution in [2.24, 2.45) is 5.92 Å². The van der Waals surface area contributed by atoms with Crippen LogP contribution in [0.15, 0.2) is 36.4 Å². The molecule has 0 radical (unpaired) electrons. The summed E-state index contributed by atoms with van der Waals surface area (Å²) in [6.07, 6.45) is 0.776. The van der Waals surface area contributed by atoms with E-state index in [-0.39, 0.29) is 6.54 Å². The number of carboxylic acid groups (broad SMARTS) is 1. The number of benzene rings is 2. The first-order valence-corrected chi connectivity index (χ1v) is 8.87. The second kappa shape index (κ2) is 9.46. The highest BCUT2D eigenvalue weighted by molar-refractivity contribution is 5.69. The van der Waals surface area contributed by atoms with E-state index >= 15 is 0 Å². The van der Waals surface area contributed by atoms with Crippen LogP contribution in [0.3, 0.4) is 0 Å². The summed E-state index contributed by atoms with van der Waals surface area (Å²) in [6.45, 7) is 4.98. The summed E-state index contributed by atoms with van der Waals surface area (Å²) >= 11 is 0. The fraction of sp³-hybridized carbons (Fsp3) is 0.381. The molecular formula is C21H25F2NO3. The maximum Gasteiger partial charge on any atom is 0.317 e. The van der Waals surface area contributed by atoms with E-state index in [1.165, 1.54) is 6.07 Å². The van der Waals surface area contributed by atoms with Crippen LogP contribution >= 0.6 is 0 Å². The van der Waals surface area contributed by atoms with E-state index < -0.39 is 17.6 Å². The second-order valence-corrected chi connectivity index (χ2v) is 7.03. The third-order valence-corrected chi connectivity index (χ3v) is 4.08. The van der Waals surface area contributed by atoms with Gasteiger partial charge in [-0.25, -0.2) is 8.78 Å². The summed E-state index contributed by atoms with van der Waals surface area (Å²) in [6, 6.07) is 9.43. The van der Waals surface area contributed by atoms with Crippen LogP contribution in [0.1, 0.15) is 19.4 Å². The van der Waals surface area contributed by atoms with Crippen LogP contribution in [-0.2, 0) is 11.2 Å². The Hall–Kier alpha value is -2.47. The van der Waals surface area contributed by atoms with Crippen molar-refractivity contribution in [3.8, 4) is 16.9 Å². The molecule has 27 heavy (non-hydrogen) atoms. The molecule has 0 spiro atoms. The number of carboxylic acids is 1. The highest BCUT2D eigenvalue weighted by Gasteiger charge is 2.11. The topological polar surface area (TPSA) is 49.8 Å². The number of hydrogen-bond donors (Lipinski definition) is 1. The fourth-order valence-corrected chi connectivity index (χ4v) is 2.80. The lowest BCUT2D eigenvalue weighted by molar-refractivity contribution is -0.138. The van der Waals surface area contributed by atoms with E-state index in [1.807, 2.05) is 18.2 Å². The molecule has 2 aromatic carbocycles. The molecule has 0 bridgehead atoms. The van der Waals surface area contributed by atoms with Crippen molar-refractivity contribution in [1.29, 1.82) is 0 Å². The average Bonchev–Trinajstić information content (AvgIpc) is 2.57. The van der Waals surface area contributed by atoms with Gasteiger partial charge in [-0.15, -0.1) is 0 Å². The number of ether oxygens (including phenoxy) is 1. The minimum absolute atomic E-state index is 0.0444. The molecule has 6 heteroatoms. The maximum atomic E-state index is 13.5. The Morgan fingerprint density at radius 3 is 2.41 bits per heavy atom. The second-order valence-electron chi connectivity index (χ2n) is 7.03. The first-order chi connectivity index (χ1) is 12.8. The molecule has 0 saturated heterocycles. The Kier molecular flexibility index (Phi) is 7.30. The van der Waals surface area contributed by atoms with Crippen molar-refractivity contribution in [2.45, 2.75) is 20.3 Å². The Balaban J connectivity index is 2.17. The average molecular weight is 377 g/mol. The van der Waals surface area contributed by atoms with Crippen LogP contribution in [0.5, 0.6) is 5.75 Å². The van der Waals surface area contributed by atoms with Crippen LogP contribution in [0.25, 0.3) is 11.1 Å². The Morgan fingerprint density at radius 1 is 1.11 bits per heavy atom. The molecule has 146 valence electrons. The maximum absolute atomic E-state index is 13.5. The monoisotopic (exact) mass is 377 g/mol. The van der Waals surface area contributed by atoms with Gasteiger partial charge >= 0.3 is 5.97 Å². The Bertz CT molecular complexity index is 793. The fourth-order valence-electron chi connectivity index (χ4n) is 2.80. The number of hydrogen-bond acceptors (Lipinski definition) is 3. The van der Waals surface area contributed by atoms with E-state index in [1.54, 1.807) is 18.0 Å². The number of aliphatic carboxylic acids is 1. The predicted octanol–water partition coefficient (Wildman–Crippen LogP) is 4.23. The molecule has 0 aliphatic carbocycles. The van der Waals surface area contributed by atoms with Gasteiger partial charge in [0, 0.05) is 6.54 Å². The van der Waals surface area contributed by atoms with Gasteiger partial charge in [0.05, 0.1) is 6.54 Å². The summed E-state index contributed by atoms with van der Waals surface area (Å²) in [5.74, 6) is -1.51. The zero-order valence-corrected chi connectivity index (χ0v) is 15.8. The van der Waals surface area contributed by atoms with Gasteiger partial charge < -0.3 is 9.84 Å². The number of halogens is 2. The number of nitrogens with zero attached hydrogens (tertiary/aromatic N) is 1. The summed E-state index contributed by atoms with van der Waals surface area (Å²) in [5, 5.41) is 8.79. The summed E-state index contributed by atoms with van der Waals surface area (Å²) in [5.41, 5.74) is 2.37. The molecule has 0 atom stereocenters. The molecule has 2 aromatic rings. The van der Waals surface area contributed by atoms with Crippen molar-refractivity contribution in [3.05, 3.63) is 53.6 Å². The van der Waals surface area contributed by atoms with E-state index in [4.69, 9.17) is 9.84 Å². The standard InChI is InChI=1S/C21H25F2NO3/c1-14(2)10-17-11-15(16-4-6-18(22)19(23)12-16)5-7-20(17)27-9-8-24(3)13-21(25)26/h4-7,11-12,14H,8-10,13H2,1-3H3,(H,25,26). The predicted molar refractivity (Wildman–Crippen MR) is 101 cm³/mol. The molecule has 0 heterocycles. The zero-order valence-electron chi connectivity index (χ0n) is 15.8. The van der Waals surface area contributed by atoms with E-state index in [0.29, 0.717) is 24.6 Å². The van der Waals surface area contributed by atoms with E-state index in [2.05, 4.69) is 13.8 Å². The lowest BCUT2D eigenvalue weighted by Crippen LogP contribution is -2.29. The molecule has 0 saturated carbocycles. The minimum atomic E-state index is -0.881. The van der Waals surface area contributed by atoms with E-state index in [0.717, 1.165) is 29.4 Å². The molecule has 2 rings (SSSR count). The van der Waals surface area contributed by atoms with Gasteiger partial charge in [-0.1, -0.05) is 26.0 Å². The minimum Gasteiger partial charge on any atom is -0.492 e. The van der Waals surface area contributed by atoms with Crippen LogP contribution < -0.4 is 4.74 Å². The van der Waals surface area contributed by atoms with Crippen LogP contribution in [0.2, 0.25) is 0 Å². The molecule has 0 aliphatic rings. The normalized spacial score (nSPS) is 11.2. The number of rotatable bonds is 9. The van der Waals surface area contributed by atoms with Crippen molar-refractivity contribution in [1.82, 2.24) is 4.90 Å². The number of carbonyl (C=O) groups is 1. The highest BCUT2D eigenvalue weighted by atomic mass is 19.2.